The number of aliphatic hydroxyl groups excluding tert-OH is 2. The molecule has 19 heavy (non-hydrogen) atoms. The predicted octanol–water partition coefficient (Wildman–Crippen LogP) is 0.664. The molecule has 0 radical (unpaired) electrons. The van der Waals surface area contributed by atoms with Gasteiger partial charge in [0.05, 0.1) is 20.3 Å². The van der Waals surface area contributed by atoms with Crippen LogP contribution in [0.15, 0.2) is 30.3 Å². The molecule has 1 rings (SSSR count). The first-order chi connectivity index (χ1) is 9.22. The summed E-state index contributed by atoms with van der Waals surface area (Å²) >= 11 is 0. The molecule has 0 bridgehead atoms. The summed E-state index contributed by atoms with van der Waals surface area (Å²) in [4.78, 5) is 13.0. The minimum atomic E-state index is -0.425. The maximum atomic E-state index is 11.1. The van der Waals surface area contributed by atoms with E-state index >= 15 is 0 Å². The third-order valence-corrected chi connectivity index (χ3v) is 2.62. The average Bonchev–Trinajstić information content (AvgIpc) is 2.45. The number of aliphatic hydroxyl groups is 2. The lowest BCUT2D eigenvalue weighted by Gasteiger charge is -2.24. The van der Waals surface area contributed by atoms with E-state index in [0.717, 1.165) is 11.3 Å². The van der Waals surface area contributed by atoms with Crippen molar-refractivity contribution in [1.29, 1.82) is 0 Å². The summed E-state index contributed by atoms with van der Waals surface area (Å²) in [5.74, 6) is -0.425. The van der Waals surface area contributed by atoms with Crippen LogP contribution in [0.1, 0.15) is 5.56 Å². The first kappa shape index (κ1) is 15.2. The number of para-hydroxylation sites is 1. The van der Waals surface area contributed by atoms with E-state index < -0.39 is 5.97 Å². The smallest absolute Gasteiger partial charge is 0.330 e. The second-order valence-corrected chi connectivity index (χ2v) is 3.85. The van der Waals surface area contributed by atoms with Crippen molar-refractivity contribution in [3.63, 3.8) is 0 Å². The van der Waals surface area contributed by atoms with E-state index in [9.17, 15) is 4.79 Å². The van der Waals surface area contributed by atoms with E-state index in [0.29, 0.717) is 13.1 Å². The molecule has 0 amide bonds. The van der Waals surface area contributed by atoms with Crippen molar-refractivity contribution < 1.29 is 19.7 Å². The van der Waals surface area contributed by atoms with Gasteiger partial charge in [0.1, 0.15) is 0 Å². The topological polar surface area (TPSA) is 70.0 Å². The maximum Gasteiger partial charge on any atom is 0.330 e. The summed E-state index contributed by atoms with van der Waals surface area (Å²) in [6.45, 7) is 0.831. The van der Waals surface area contributed by atoms with E-state index in [1.165, 1.54) is 13.2 Å². The second-order valence-electron chi connectivity index (χ2n) is 3.85. The summed E-state index contributed by atoms with van der Waals surface area (Å²) in [5, 5.41) is 18.1. The van der Waals surface area contributed by atoms with E-state index in [-0.39, 0.29) is 13.2 Å². The van der Waals surface area contributed by atoms with Crippen molar-refractivity contribution in [2.24, 2.45) is 0 Å². The SMILES string of the molecule is COC(=O)C=Cc1ccccc1N(CCO)CCO. The summed E-state index contributed by atoms with van der Waals surface area (Å²) in [6, 6.07) is 7.46. The van der Waals surface area contributed by atoms with Crippen molar-refractivity contribution in [2.75, 3.05) is 38.3 Å². The molecule has 0 saturated carbocycles. The third kappa shape index (κ3) is 4.73. The summed E-state index contributed by atoms with van der Waals surface area (Å²) in [5.41, 5.74) is 1.68. The Labute approximate surface area is 112 Å². The van der Waals surface area contributed by atoms with Gasteiger partial charge in [0, 0.05) is 24.9 Å². The van der Waals surface area contributed by atoms with Crippen LogP contribution in [0, 0.1) is 0 Å². The molecular formula is C14H19NO4. The van der Waals surface area contributed by atoms with Gasteiger partial charge in [0.2, 0.25) is 0 Å². The Morgan fingerprint density at radius 3 is 2.47 bits per heavy atom. The normalized spacial score (nSPS) is 10.7. The number of esters is 1. The van der Waals surface area contributed by atoms with Crippen molar-refractivity contribution in [2.45, 2.75) is 0 Å². The first-order valence-corrected chi connectivity index (χ1v) is 6.04. The molecular weight excluding hydrogens is 246 g/mol. The number of anilines is 1. The monoisotopic (exact) mass is 265 g/mol. The zero-order valence-corrected chi connectivity index (χ0v) is 11.0. The van der Waals surface area contributed by atoms with Gasteiger partial charge in [-0.1, -0.05) is 18.2 Å². The van der Waals surface area contributed by atoms with Crippen molar-refractivity contribution in [3.05, 3.63) is 35.9 Å². The molecule has 0 fully saturated rings. The van der Waals surface area contributed by atoms with Crippen LogP contribution in [0.4, 0.5) is 5.69 Å². The molecule has 0 heterocycles. The fourth-order valence-electron chi connectivity index (χ4n) is 1.74. The molecule has 1 aromatic carbocycles. The van der Waals surface area contributed by atoms with Crippen LogP contribution in [0.25, 0.3) is 6.08 Å². The number of ether oxygens (including phenoxy) is 1. The van der Waals surface area contributed by atoms with Crippen molar-refractivity contribution >= 4 is 17.7 Å². The standard InChI is InChI=1S/C14H19NO4/c1-19-14(18)7-6-12-4-2-3-5-13(12)15(8-10-16)9-11-17/h2-7,16-17H,8-11H2,1H3. The second kappa shape index (κ2) is 8.29. The van der Waals surface area contributed by atoms with E-state index in [1.807, 2.05) is 29.2 Å². The first-order valence-electron chi connectivity index (χ1n) is 6.04. The Morgan fingerprint density at radius 1 is 1.26 bits per heavy atom. The minimum absolute atomic E-state index is 0.00491. The van der Waals surface area contributed by atoms with E-state index in [4.69, 9.17) is 10.2 Å². The molecule has 0 spiro atoms. The lowest BCUT2D eigenvalue weighted by atomic mass is 10.1. The molecule has 0 saturated heterocycles. The average molecular weight is 265 g/mol. The Hall–Kier alpha value is -1.85. The highest BCUT2D eigenvalue weighted by atomic mass is 16.5. The van der Waals surface area contributed by atoms with Gasteiger partial charge in [-0.05, 0) is 17.7 Å². The van der Waals surface area contributed by atoms with Crippen molar-refractivity contribution in [1.82, 2.24) is 0 Å². The van der Waals surface area contributed by atoms with Crippen LogP contribution < -0.4 is 4.90 Å². The van der Waals surface area contributed by atoms with Gasteiger partial charge in [-0.25, -0.2) is 4.79 Å². The van der Waals surface area contributed by atoms with Gasteiger partial charge < -0.3 is 19.8 Å². The fourth-order valence-corrected chi connectivity index (χ4v) is 1.74. The Morgan fingerprint density at radius 2 is 1.89 bits per heavy atom. The third-order valence-electron chi connectivity index (χ3n) is 2.62. The van der Waals surface area contributed by atoms with Gasteiger partial charge in [-0.2, -0.15) is 0 Å². The predicted molar refractivity (Wildman–Crippen MR) is 73.9 cm³/mol. The molecule has 5 nitrogen and oxygen atoms in total. The zero-order valence-electron chi connectivity index (χ0n) is 11.0. The Balaban J connectivity index is 2.98. The number of rotatable bonds is 7. The van der Waals surface area contributed by atoms with Crippen LogP contribution in [0.5, 0.6) is 0 Å². The van der Waals surface area contributed by atoms with Gasteiger partial charge in [0.15, 0.2) is 0 Å². The van der Waals surface area contributed by atoms with Gasteiger partial charge >= 0.3 is 5.97 Å². The molecule has 0 unspecified atom stereocenters. The molecule has 5 heteroatoms. The molecule has 104 valence electrons. The van der Waals surface area contributed by atoms with Gasteiger partial charge in [-0.3, -0.25) is 0 Å². The molecule has 0 aliphatic carbocycles. The molecule has 0 atom stereocenters. The van der Waals surface area contributed by atoms with Gasteiger partial charge in [-0.15, -0.1) is 0 Å². The fraction of sp³-hybridized carbons (Fsp3) is 0.357. The lowest BCUT2D eigenvalue weighted by molar-refractivity contribution is -0.134. The highest BCUT2D eigenvalue weighted by Crippen LogP contribution is 2.21. The summed E-state index contributed by atoms with van der Waals surface area (Å²) < 4.78 is 4.55. The quantitative estimate of drug-likeness (QED) is 0.560. The van der Waals surface area contributed by atoms with Crippen LogP contribution in [-0.2, 0) is 9.53 Å². The van der Waals surface area contributed by atoms with Gasteiger partial charge in [0.25, 0.3) is 0 Å². The van der Waals surface area contributed by atoms with Crippen LogP contribution in [0.3, 0.4) is 0 Å². The van der Waals surface area contributed by atoms with E-state index in [2.05, 4.69) is 4.74 Å². The summed E-state index contributed by atoms with van der Waals surface area (Å²) in [7, 11) is 1.32. The minimum Gasteiger partial charge on any atom is -0.466 e. The summed E-state index contributed by atoms with van der Waals surface area (Å²) in [6.07, 6.45) is 3.00. The molecule has 0 aliphatic heterocycles. The lowest BCUT2D eigenvalue weighted by Crippen LogP contribution is -2.30. The van der Waals surface area contributed by atoms with Crippen molar-refractivity contribution in [3.8, 4) is 0 Å². The molecule has 0 aromatic heterocycles. The largest absolute Gasteiger partial charge is 0.466 e. The Kier molecular flexibility index (Phi) is 6.63. The van der Waals surface area contributed by atoms with Crippen LogP contribution >= 0.6 is 0 Å². The molecule has 1 aromatic rings. The van der Waals surface area contributed by atoms with Crippen LogP contribution in [0.2, 0.25) is 0 Å². The number of carbonyl (C=O) groups is 1. The highest BCUT2D eigenvalue weighted by molar-refractivity contribution is 5.88. The number of nitrogens with zero attached hydrogens (tertiary/aromatic N) is 1. The maximum absolute atomic E-state index is 11.1. The zero-order chi connectivity index (χ0) is 14.1. The Bertz CT molecular complexity index is 425. The number of carbonyl (C=O) groups excluding carboxylic acids is 1. The number of benzene rings is 1. The van der Waals surface area contributed by atoms with Crippen LogP contribution in [-0.4, -0.2) is 49.6 Å². The number of methoxy groups -OCH3 is 1. The number of hydrogen-bond acceptors (Lipinski definition) is 5. The molecule has 2 N–H and O–H groups in total. The number of hydrogen-bond donors (Lipinski definition) is 2. The van der Waals surface area contributed by atoms with E-state index in [1.54, 1.807) is 6.08 Å². The molecule has 0 aliphatic rings. The highest BCUT2D eigenvalue weighted by Gasteiger charge is 2.08.